The van der Waals surface area contributed by atoms with Gasteiger partial charge in [0.2, 0.25) is 0 Å². The number of allylic oxidation sites excluding steroid dienone is 1. The molecule has 0 amide bonds. The molecule has 3 aliphatic rings. The van der Waals surface area contributed by atoms with Crippen molar-refractivity contribution in [2.75, 3.05) is 62.2 Å². The van der Waals surface area contributed by atoms with Gasteiger partial charge in [-0.25, -0.2) is 0 Å². The molecule has 1 aromatic carbocycles. The van der Waals surface area contributed by atoms with E-state index in [0.717, 1.165) is 69.6 Å². The Balaban J connectivity index is 1.58. The van der Waals surface area contributed by atoms with Gasteiger partial charge in [0.25, 0.3) is 0 Å². The topological polar surface area (TPSA) is 60.5 Å². The lowest BCUT2D eigenvalue weighted by Crippen LogP contribution is -2.41. The van der Waals surface area contributed by atoms with Crippen molar-refractivity contribution in [3.63, 3.8) is 0 Å². The van der Waals surface area contributed by atoms with Crippen molar-refractivity contribution in [2.45, 2.75) is 38.5 Å². The van der Waals surface area contributed by atoms with Crippen molar-refractivity contribution in [1.29, 1.82) is 10.5 Å². The number of nitrogens with zero attached hydrogens (tertiary/aromatic N) is 6. The number of piperidine rings is 2. The Morgan fingerprint density at radius 1 is 0.667 bits per heavy atom. The van der Waals surface area contributed by atoms with Gasteiger partial charge in [0.1, 0.15) is 18.0 Å². The molecular weight excluding hydrogens is 372 g/mol. The fraction of sp³-hybridized carbons (Fsp3) is 0.583. The fourth-order valence-corrected chi connectivity index (χ4v) is 4.99. The first-order valence-electron chi connectivity index (χ1n) is 11.4. The Hall–Kier alpha value is -2.54. The molecular formula is C24H32N6. The smallest absolute Gasteiger partial charge is 0.170 e. The highest BCUT2D eigenvalue weighted by atomic mass is 15.4. The lowest BCUT2D eigenvalue weighted by Gasteiger charge is -2.32. The van der Waals surface area contributed by atoms with Crippen molar-refractivity contribution in [3.8, 4) is 12.1 Å². The summed E-state index contributed by atoms with van der Waals surface area (Å²) in [4.78, 5) is 9.45. The van der Waals surface area contributed by atoms with E-state index in [2.05, 4.69) is 56.0 Å². The SMILES string of the molecule is N#CC(C#N)=C1N(CCN2CCCCC2)c2ccccc2N1CCN1CCCCC1. The molecule has 3 aliphatic heterocycles. The summed E-state index contributed by atoms with van der Waals surface area (Å²) >= 11 is 0. The minimum Gasteiger partial charge on any atom is -0.323 e. The first kappa shape index (κ1) is 20.7. The first-order valence-corrected chi connectivity index (χ1v) is 11.4. The number of hydrogen-bond acceptors (Lipinski definition) is 6. The third-order valence-electron chi connectivity index (χ3n) is 6.60. The van der Waals surface area contributed by atoms with E-state index < -0.39 is 0 Å². The second kappa shape index (κ2) is 9.98. The third kappa shape index (κ3) is 4.46. The van der Waals surface area contributed by atoms with Crippen LogP contribution in [0.4, 0.5) is 11.4 Å². The standard InChI is InChI=1S/C24H32N6/c25-19-21(20-26)24-29(17-15-27-11-5-1-6-12-27)22-9-3-4-10-23(22)30(24)18-16-28-13-7-2-8-14-28/h3-4,9-10H,1-2,5-8,11-18H2. The van der Waals surface area contributed by atoms with Crippen LogP contribution in [-0.4, -0.2) is 62.2 Å². The van der Waals surface area contributed by atoms with Gasteiger partial charge in [-0.05, 0) is 64.0 Å². The van der Waals surface area contributed by atoms with E-state index >= 15 is 0 Å². The van der Waals surface area contributed by atoms with Gasteiger partial charge < -0.3 is 19.6 Å². The lowest BCUT2D eigenvalue weighted by atomic mass is 10.1. The van der Waals surface area contributed by atoms with E-state index in [9.17, 15) is 10.5 Å². The predicted octanol–water partition coefficient (Wildman–Crippen LogP) is 3.54. The number of nitriles is 2. The molecule has 0 N–H and O–H groups in total. The minimum atomic E-state index is 0.212. The zero-order valence-corrected chi connectivity index (χ0v) is 17.9. The molecule has 3 heterocycles. The highest BCUT2D eigenvalue weighted by Crippen LogP contribution is 2.42. The van der Waals surface area contributed by atoms with Crippen molar-refractivity contribution in [1.82, 2.24) is 9.80 Å². The maximum atomic E-state index is 9.73. The monoisotopic (exact) mass is 404 g/mol. The number of anilines is 2. The number of benzene rings is 1. The van der Waals surface area contributed by atoms with Crippen LogP contribution in [0.1, 0.15) is 38.5 Å². The quantitative estimate of drug-likeness (QED) is 0.676. The van der Waals surface area contributed by atoms with Crippen LogP contribution in [0.15, 0.2) is 35.7 Å². The van der Waals surface area contributed by atoms with Crippen LogP contribution in [0.25, 0.3) is 0 Å². The van der Waals surface area contributed by atoms with Crippen molar-refractivity contribution < 1.29 is 0 Å². The summed E-state index contributed by atoms with van der Waals surface area (Å²) in [5.74, 6) is 0.773. The van der Waals surface area contributed by atoms with E-state index in [-0.39, 0.29) is 5.57 Å². The molecule has 4 rings (SSSR count). The summed E-state index contributed by atoms with van der Waals surface area (Å²) in [6, 6.07) is 12.7. The van der Waals surface area contributed by atoms with Gasteiger partial charge in [-0.15, -0.1) is 0 Å². The second-order valence-electron chi connectivity index (χ2n) is 8.52. The minimum absolute atomic E-state index is 0.212. The normalized spacial score (nSPS) is 20.0. The molecule has 6 heteroatoms. The molecule has 0 saturated carbocycles. The van der Waals surface area contributed by atoms with E-state index in [1.165, 1.54) is 38.5 Å². The van der Waals surface area contributed by atoms with Gasteiger partial charge in [-0.3, -0.25) is 0 Å². The Kier molecular flexibility index (Phi) is 6.89. The summed E-state index contributed by atoms with van der Waals surface area (Å²) in [6.07, 6.45) is 7.72. The molecule has 2 saturated heterocycles. The molecule has 0 atom stereocenters. The molecule has 158 valence electrons. The number of hydrogen-bond donors (Lipinski definition) is 0. The van der Waals surface area contributed by atoms with E-state index in [0.29, 0.717) is 0 Å². The van der Waals surface area contributed by atoms with Crippen LogP contribution < -0.4 is 9.80 Å². The maximum Gasteiger partial charge on any atom is 0.170 e. The number of para-hydroxylation sites is 2. The predicted molar refractivity (Wildman–Crippen MR) is 120 cm³/mol. The largest absolute Gasteiger partial charge is 0.323 e. The summed E-state index contributed by atoms with van der Waals surface area (Å²) in [5, 5.41) is 19.5. The van der Waals surface area contributed by atoms with Gasteiger partial charge in [0.15, 0.2) is 5.57 Å². The van der Waals surface area contributed by atoms with Crippen LogP contribution >= 0.6 is 0 Å². The Bertz CT molecular complexity index is 769. The van der Waals surface area contributed by atoms with Crippen LogP contribution in [0.3, 0.4) is 0 Å². The van der Waals surface area contributed by atoms with Crippen molar-refractivity contribution >= 4 is 11.4 Å². The van der Waals surface area contributed by atoms with Crippen LogP contribution in [0.5, 0.6) is 0 Å². The molecule has 0 unspecified atom stereocenters. The molecule has 1 aromatic rings. The molecule has 0 aromatic heterocycles. The van der Waals surface area contributed by atoms with Gasteiger partial charge in [-0.1, -0.05) is 25.0 Å². The summed E-state index contributed by atoms with van der Waals surface area (Å²) in [6.45, 7) is 8.13. The average Bonchev–Trinajstić information content (AvgIpc) is 3.12. The van der Waals surface area contributed by atoms with Gasteiger partial charge in [-0.2, -0.15) is 10.5 Å². The summed E-state index contributed by atoms with van der Waals surface area (Å²) in [7, 11) is 0. The van der Waals surface area contributed by atoms with E-state index in [1.807, 2.05) is 0 Å². The van der Waals surface area contributed by atoms with E-state index in [1.54, 1.807) is 0 Å². The second-order valence-corrected chi connectivity index (χ2v) is 8.52. The number of fused-ring (bicyclic) bond motifs is 1. The molecule has 0 bridgehead atoms. The number of likely N-dealkylation sites (tertiary alicyclic amines) is 2. The molecule has 30 heavy (non-hydrogen) atoms. The van der Waals surface area contributed by atoms with Gasteiger partial charge in [0, 0.05) is 26.2 Å². The number of rotatable bonds is 6. The Labute approximate surface area is 180 Å². The molecule has 0 radical (unpaired) electrons. The molecule has 6 nitrogen and oxygen atoms in total. The van der Waals surface area contributed by atoms with Crippen molar-refractivity contribution in [2.24, 2.45) is 0 Å². The van der Waals surface area contributed by atoms with E-state index in [4.69, 9.17) is 0 Å². The van der Waals surface area contributed by atoms with Crippen LogP contribution in [0.2, 0.25) is 0 Å². The van der Waals surface area contributed by atoms with Gasteiger partial charge in [0.05, 0.1) is 11.4 Å². The third-order valence-corrected chi connectivity index (χ3v) is 6.60. The Morgan fingerprint density at radius 3 is 1.50 bits per heavy atom. The summed E-state index contributed by atoms with van der Waals surface area (Å²) < 4.78 is 0. The molecule has 0 aliphatic carbocycles. The first-order chi connectivity index (χ1) is 14.8. The highest BCUT2D eigenvalue weighted by molar-refractivity contribution is 5.84. The summed E-state index contributed by atoms with van der Waals surface area (Å²) in [5.41, 5.74) is 2.45. The van der Waals surface area contributed by atoms with Gasteiger partial charge >= 0.3 is 0 Å². The Morgan fingerprint density at radius 2 is 1.10 bits per heavy atom. The highest BCUT2D eigenvalue weighted by Gasteiger charge is 2.34. The molecule has 2 fully saturated rings. The zero-order chi connectivity index (χ0) is 20.8. The zero-order valence-electron chi connectivity index (χ0n) is 17.9. The van der Waals surface area contributed by atoms with Crippen molar-refractivity contribution in [3.05, 3.63) is 35.7 Å². The molecule has 0 spiro atoms. The van der Waals surface area contributed by atoms with Crippen LogP contribution in [-0.2, 0) is 0 Å². The fourth-order valence-electron chi connectivity index (χ4n) is 4.99. The average molecular weight is 405 g/mol. The maximum absolute atomic E-state index is 9.73. The van der Waals surface area contributed by atoms with Crippen LogP contribution in [0, 0.1) is 22.7 Å². The lowest BCUT2D eigenvalue weighted by molar-refractivity contribution is 0.232.